The molecule has 0 aromatic carbocycles. The molecular formula is C29H54S. The number of thiophene rings is 1. The van der Waals surface area contributed by atoms with E-state index in [1.54, 1.807) is 4.88 Å². The van der Waals surface area contributed by atoms with E-state index in [4.69, 9.17) is 0 Å². The predicted molar refractivity (Wildman–Crippen MR) is 140 cm³/mol. The lowest BCUT2D eigenvalue weighted by molar-refractivity contribution is 0.501. The summed E-state index contributed by atoms with van der Waals surface area (Å²) in [4.78, 5) is 1.57. The Morgan fingerprint density at radius 2 is 0.900 bits per heavy atom. The summed E-state index contributed by atoms with van der Waals surface area (Å²) in [5.41, 5.74) is 0. The van der Waals surface area contributed by atoms with Crippen molar-refractivity contribution < 1.29 is 0 Å². The fraction of sp³-hybridized carbons (Fsp3) is 0.862. The molecule has 0 unspecified atom stereocenters. The van der Waals surface area contributed by atoms with Crippen molar-refractivity contribution in [1.82, 2.24) is 0 Å². The largest absolute Gasteiger partial charge is 0.149 e. The molecule has 0 N–H and O–H groups in total. The van der Waals surface area contributed by atoms with Crippen molar-refractivity contribution in [2.45, 2.75) is 155 Å². The Labute approximate surface area is 194 Å². The fourth-order valence-corrected chi connectivity index (χ4v) is 5.24. The zero-order chi connectivity index (χ0) is 21.5. The van der Waals surface area contributed by atoms with Crippen LogP contribution in [0, 0.1) is 5.92 Å². The molecule has 1 rings (SSSR count). The Morgan fingerprint density at radius 3 is 1.23 bits per heavy atom. The molecule has 0 fully saturated rings. The molecule has 30 heavy (non-hydrogen) atoms. The van der Waals surface area contributed by atoms with E-state index in [1.807, 2.05) is 11.3 Å². The van der Waals surface area contributed by atoms with Gasteiger partial charge in [0.15, 0.2) is 0 Å². The van der Waals surface area contributed by atoms with Crippen molar-refractivity contribution in [1.29, 1.82) is 0 Å². The van der Waals surface area contributed by atoms with Gasteiger partial charge in [0.2, 0.25) is 0 Å². The van der Waals surface area contributed by atoms with Gasteiger partial charge in [-0.1, -0.05) is 148 Å². The fourth-order valence-electron chi connectivity index (χ4n) is 4.49. The van der Waals surface area contributed by atoms with Gasteiger partial charge in [-0.3, -0.25) is 0 Å². The standard InChI is InChI=1S/C29H54S/c1-28(2)24-21-19-17-15-13-11-9-7-5-3-4-6-8-10-12-14-16-18-20-22-25-29-26-23-27-30-29/h23,26-28H,3-22,24-25H2,1-2H3. The summed E-state index contributed by atoms with van der Waals surface area (Å²) in [5.74, 6) is 0.895. The van der Waals surface area contributed by atoms with Gasteiger partial charge in [0.05, 0.1) is 0 Å². The molecule has 1 heterocycles. The quantitative estimate of drug-likeness (QED) is 0.150. The van der Waals surface area contributed by atoms with Crippen molar-refractivity contribution >= 4 is 11.3 Å². The van der Waals surface area contributed by atoms with Crippen molar-refractivity contribution in [2.75, 3.05) is 0 Å². The third kappa shape index (κ3) is 19.7. The Kier molecular flexibility index (Phi) is 20.3. The summed E-state index contributed by atoms with van der Waals surface area (Å²) in [7, 11) is 0. The van der Waals surface area contributed by atoms with Gasteiger partial charge in [0.25, 0.3) is 0 Å². The minimum Gasteiger partial charge on any atom is -0.149 e. The van der Waals surface area contributed by atoms with E-state index in [-0.39, 0.29) is 0 Å². The Hall–Kier alpha value is -0.300. The van der Waals surface area contributed by atoms with Crippen LogP contribution in [0.1, 0.15) is 154 Å². The molecule has 0 saturated carbocycles. The number of rotatable bonds is 23. The summed E-state index contributed by atoms with van der Waals surface area (Å²) >= 11 is 1.91. The van der Waals surface area contributed by atoms with Crippen molar-refractivity contribution in [3.8, 4) is 0 Å². The summed E-state index contributed by atoms with van der Waals surface area (Å²) in [5, 5.41) is 2.20. The van der Waals surface area contributed by atoms with Crippen molar-refractivity contribution in [3.63, 3.8) is 0 Å². The average molecular weight is 435 g/mol. The van der Waals surface area contributed by atoms with Crippen molar-refractivity contribution in [2.24, 2.45) is 5.92 Å². The second kappa shape index (κ2) is 21.9. The highest BCUT2D eigenvalue weighted by atomic mass is 32.1. The molecule has 1 aromatic rings. The highest BCUT2D eigenvalue weighted by molar-refractivity contribution is 7.09. The van der Waals surface area contributed by atoms with Crippen LogP contribution >= 0.6 is 11.3 Å². The molecule has 1 heteroatoms. The van der Waals surface area contributed by atoms with Gasteiger partial charge < -0.3 is 0 Å². The summed E-state index contributed by atoms with van der Waals surface area (Å²) in [6, 6.07) is 4.46. The van der Waals surface area contributed by atoms with E-state index in [1.165, 1.54) is 141 Å². The predicted octanol–water partition coefficient (Wildman–Crippen LogP) is 11.1. The van der Waals surface area contributed by atoms with Crippen molar-refractivity contribution in [3.05, 3.63) is 22.4 Å². The molecule has 0 radical (unpaired) electrons. The van der Waals surface area contributed by atoms with Gasteiger partial charge in [-0.15, -0.1) is 11.3 Å². The zero-order valence-electron chi connectivity index (χ0n) is 20.8. The van der Waals surface area contributed by atoms with E-state index in [9.17, 15) is 0 Å². The molecule has 176 valence electrons. The summed E-state index contributed by atoms with van der Waals surface area (Å²) < 4.78 is 0. The Bertz CT molecular complexity index is 420. The van der Waals surface area contributed by atoms with Crippen LogP contribution in [0.5, 0.6) is 0 Å². The zero-order valence-corrected chi connectivity index (χ0v) is 21.6. The number of unbranched alkanes of at least 4 members (excludes halogenated alkanes) is 19. The van der Waals surface area contributed by atoms with Crippen LogP contribution in [-0.4, -0.2) is 0 Å². The van der Waals surface area contributed by atoms with E-state index in [2.05, 4.69) is 31.4 Å². The molecule has 0 atom stereocenters. The number of aryl methyl sites for hydroxylation is 1. The highest BCUT2D eigenvalue weighted by Crippen LogP contribution is 2.17. The van der Waals surface area contributed by atoms with Crippen LogP contribution in [0.2, 0.25) is 0 Å². The number of hydrogen-bond acceptors (Lipinski definition) is 1. The van der Waals surface area contributed by atoms with Crippen LogP contribution in [0.25, 0.3) is 0 Å². The normalized spacial score (nSPS) is 11.6. The molecule has 0 saturated heterocycles. The first-order valence-corrected chi connectivity index (χ1v) is 14.7. The van der Waals surface area contributed by atoms with Crippen LogP contribution in [0.4, 0.5) is 0 Å². The van der Waals surface area contributed by atoms with Gasteiger partial charge in [-0.05, 0) is 30.2 Å². The molecule has 0 aliphatic rings. The minimum absolute atomic E-state index is 0.895. The van der Waals surface area contributed by atoms with Crippen LogP contribution in [0.3, 0.4) is 0 Å². The first-order chi connectivity index (χ1) is 14.8. The molecule has 0 spiro atoms. The summed E-state index contributed by atoms with van der Waals surface area (Å²) in [6.45, 7) is 4.69. The van der Waals surface area contributed by atoms with Crippen LogP contribution in [0.15, 0.2) is 17.5 Å². The summed E-state index contributed by atoms with van der Waals surface area (Å²) in [6.07, 6.45) is 32.1. The van der Waals surface area contributed by atoms with E-state index < -0.39 is 0 Å². The maximum absolute atomic E-state index is 2.34. The minimum atomic E-state index is 0.895. The third-order valence-electron chi connectivity index (χ3n) is 6.53. The molecular weight excluding hydrogens is 380 g/mol. The maximum atomic E-state index is 2.34. The van der Waals surface area contributed by atoms with Gasteiger partial charge in [0, 0.05) is 4.88 Å². The smallest absolute Gasteiger partial charge is 0.00452 e. The lowest BCUT2D eigenvalue weighted by Crippen LogP contribution is -1.87. The third-order valence-corrected chi connectivity index (χ3v) is 7.47. The lowest BCUT2D eigenvalue weighted by Gasteiger charge is -2.05. The lowest BCUT2D eigenvalue weighted by atomic mass is 10.0. The second-order valence-electron chi connectivity index (χ2n) is 10.1. The second-order valence-corrected chi connectivity index (χ2v) is 11.1. The average Bonchev–Trinajstić information content (AvgIpc) is 3.25. The van der Waals surface area contributed by atoms with Crippen LogP contribution in [-0.2, 0) is 6.42 Å². The number of hydrogen-bond donors (Lipinski definition) is 0. The highest BCUT2D eigenvalue weighted by Gasteiger charge is 1.97. The van der Waals surface area contributed by atoms with Gasteiger partial charge in [-0.2, -0.15) is 0 Å². The topological polar surface area (TPSA) is 0 Å². The van der Waals surface area contributed by atoms with Crippen LogP contribution < -0.4 is 0 Å². The molecule has 0 amide bonds. The Balaban J connectivity index is 1.64. The Morgan fingerprint density at radius 1 is 0.533 bits per heavy atom. The molecule has 0 nitrogen and oxygen atoms in total. The molecule has 1 aromatic heterocycles. The first-order valence-electron chi connectivity index (χ1n) is 13.8. The maximum Gasteiger partial charge on any atom is 0.00452 e. The SMILES string of the molecule is CC(C)CCCCCCCCCCCCCCCCCCCCCCc1cccs1. The van der Waals surface area contributed by atoms with E-state index in [0.29, 0.717) is 0 Å². The van der Waals surface area contributed by atoms with Gasteiger partial charge in [0.1, 0.15) is 0 Å². The van der Waals surface area contributed by atoms with Gasteiger partial charge in [-0.25, -0.2) is 0 Å². The molecule has 0 bridgehead atoms. The molecule has 0 aliphatic carbocycles. The first kappa shape index (κ1) is 27.7. The monoisotopic (exact) mass is 434 g/mol. The molecule has 0 aliphatic heterocycles. The van der Waals surface area contributed by atoms with Gasteiger partial charge >= 0.3 is 0 Å². The van der Waals surface area contributed by atoms with E-state index >= 15 is 0 Å². The van der Waals surface area contributed by atoms with E-state index in [0.717, 1.165) is 5.92 Å².